The zero-order valence-corrected chi connectivity index (χ0v) is 16.8. The molecule has 1 aliphatic heterocycles. The molecule has 9 nitrogen and oxygen atoms in total. The van der Waals surface area contributed by atoms with Crippen LogP contribution in [0.15, 0.2) is 35.4 Å². The monoisotopic (exact) mass is 458 g/mol. The third-order valence-electron chi connectivity index (χ3n) is 4.34. The largest absolute Gasteiger partial charge is 0.573 e. The van der Waals surface area contributed by atoms with Crippen LogP contribution < -0.4 is 14.6 Å². The predicted molar refractivity (Wildman–Crippen MR) is 103 cm³/mol. The van der Waals surface area contributed by atoms with Gasteiger partial charge in [-0.3, -0.25) is 4.79 Å². The second-order valence-electron chi connectivity index (χ2n) is 6.16. The summed E-state index contributed by atoms with van der Waals surface area (Å²) in [7, 11) is 1.18. The number of carboxylic acid groups (broad SMARTS) is 1. The van der Waals surface area contributed by atoms with E-state index in [0.29, 0.717) is 0 Å². The smallest absolute Gasteiger partial charge is 0.465 e. The summed E-state index contributed by atoms with van der Waals surface area (Å²) in [5.74, 6) is -2.00. The number of fused-ring (bicyclic) bond motifs is 1. The number of rotatable bonds is 4. The number of hydrogen-bond acceptors (Lipinski definition) is 7. The van der Waals surface area contributed by atoms with Gasteiger partial charge < -0.3 is 19.9 Å². The summed E-state index contributed by atoms with van der Waals surface area (Å²) >= 11 is 0.900. The van der Waals surface area contributed by atoms with Gasteiger partial charge in [-0.25, -0.2) is 4.79 Å². The number of alkyl halides is 3. The van der Waals surface area contributed by atoms with E-state index < -0.39 is 34.7 Å². The minimum atomic E-state index is -4.87. The molecule has 2 N–H and O–H groups in total. The third kappa shape index (κ3) is 4.22. The first-order valence-electron chi connectivity index (χ1n) is 8.62. The van der Waals surface area contributed by atoms with Crippen LogP contribution in [0.25, 0.3) is 0 Å². The zero-order valence-electron chi connectivity index (χ0n) is 16.0. The van der Waals surface area contributed by atoms with Gasteiger partial charge in [0.1, 0.15) is 22.0 Å². The van der Waals surface area contributed by atoms with Gasteiger partial charge >= 0.3 is 18.4 Å². The van der Waals surface area contributed by atoms with Crippen LogP contribution in [0, 0.1) is 0 Å². The van der Waals surface area contributed by atoms with Crippen molar-refractivity contribution in [3.8, 4) is 5.75 Å². The van der Waals surface area contributed by atoms with E-state index >= 15 is 0 Å². The fourth-order valence-corrected chi connectivity index (χ4v) is 3.95. The molecule has 0 spiro atoms. The molecule has 2 amide bonds. The van der Waals surface area contributed by atoms with Crippen molar-refractivity contribution in [1.29, 1.82) is 0 Å². The standard InChI is InChI=1S/C18H14F3N3O6S/c1-3-24(17(27)28)11-8-12(16(26)29-2)31-13(11)14(23-24)22-15(25)9-4-6-10(7-5-9)30-18(19,20)21/h4-8H,3H2,1-2H3,(H-,22,23,25,27,28)/p+1. The molecule has 3 rings (SSSR count). The Hall–Kier alpha value is -3.45. The summed E-state index contributed by atoms with van der Waals surface area (Å²) in [4.78, 5) is 36.8. The molecule has 13 heteroatoms. The van der Waals surface area contributed by atoms with Crippen molar-refractivity contribution in [2.24, 2.45) is 5.10 Å². The molecule has 1 aromatic heterocycles. The van der Waals surface area contributed by atoms with Crippen LogP contribution in [0.5, 0.6) is 5.75 Å². The molecule has 2 heterocycles. The van der Waals surface area contributed by atoms with Crippen molar-refractivity contribution in [2.45, 2.75) is 13.3 Å². The maximum absolute atomic E-state index is 12.6. The number of quaternary nitrogens is 1. The highest BCUT2D eigenvalue weighted by molar-refractivity contribution is 7.16. The number of carbonyl (C=O) groups excluding carboxylic acids is 2. The molecule has 0 fully saturated rings. The van der Waals surface area contributed by atoms with Crippen LogP contribution in [-0.2, 0) is 4.74 Å². The van der Waals surface area contributed by atoms with Crippen molar-refractivity contribution >= 4 is 40.8 Å². The third-order valence-corrected chi connectivity index (χ3v) is 5.45. The number of thiophene rings is 1. The number of ether oxygens (including phenoxy) is 2. The molecule has 1 aliphatic rings. The lowest BCUT2D eigenvalue weighted by atomic mass is 10.2. The molecular weight excluding hydrogens is 443 g/mol. The van der Waals surface area contributed by atoms with Crippen molar-refractivity contribution in [3.63, 3.8) is 0 Å². The van der Waals surface area contributed by atoms with E-state index in [1.54, 1.807) is 6.92 Å². The average Bonchev–Trinajstić information content (AvgIpc) is 3.26. The Bertz CT molecular complexity index is 1080. The van der Waals surface area contributed by atoms with Crippen molar-refractivity contribution < 1.29 is 42.1 Å². The van der Waals surface area contributed by atoms with E-state index in [1.165, 1.54) is 13.2 Å². The number of carbonyl (C=O) groups is 3. The first-order valence-corrected chi connectivity index (χ1v) is 9.44. The molecule has 1 atom stereocenters. The summed E-state index contributed by atoms with van der Waals surface area (Å²) in [6.07, 6.45) is -6.19. The number of nitrogens with zero attached hydrogens (tertiary/aromatic N) is 2. The van der Waals surface area contributed by atoms with E-state index in [1.807, 2.05) is 0 Å². The molecular formula is C18H15F3N3O6S+. The van der Waals surface area contributed by atoms with Crippen LogP contribution in [0.1, 0.15) is 31.8 Å². The Morgan fingerprint density at radius 3 is 2.39 bits per heavy atom. The fraction of sp³-hybridized carbons (Fsp3) is 0.222. The molecule has 164 valence electrons. The van der Waals surface area contributed by atoms with E-state index in [0.717, 1.165) is 35.6 Å². The van der Waals surface area contributed by atoms with Gasteiger partial charge in [-0.15, -0.1) is 24.5 Å². The Kier molecular flexibility index (Phi) is 5.74. The normalized spacial score (nSPS) is 17.5. The highest BCUT2D eigenvalue weighted by Gasteiger charge is 2.50. The van der Waals surface area contributed by atoms with Gasteiger partial charge in [0, 0.05) is 11.6 Å². The van der Waals surface area contributed by atoms with Crippen LogP contribution >= 0.6 is 11.3 Å². The molecule has 31 heavy (non-hydrogen) atoms. The molecule has 1 aromatic carbocycles. The van der Waals surface area contributed by atoms with E-state index in [9.17, 15) is 32.7 Å². The number of esters is 1. The van der Waals surface area contributed by atoms with Crippen LogP contribution in [0.4, 0.5) is 23.7 Å². The quantitative estimate of drug-likeness (QED) is 0.535. The summed E-state index contributed by atoms with van der Waals surface area (Å²) in [6, 6.07) is 5.50. The lowest BCUT2D eigenvalue weighted by molar-refractivity contribution is -0.274. The molecule has 2 aromatic rings. The van der Waals surface area contributed by atoms with Crippen LogP contribution in [-0.4, -0.2) is 48.9 Å². The first kappa shape index (κ1) is 22.2. The second kappa shape index (κ2) is 8.00. The molecule has 0 saturated heterocycles. The number of methoxy groups -OCH3 is 1. The Morgan fingerprint density at radius 1 is 1.23 bits per heavy atom. The van der Waals surface area contributed by atoms with Crippen molar-refractivity contribution in [1.82, 2.24) is 9.91 Å². The molecule has 0 bridgehead atoms. The minimum Gasteiger partial charge on any atom is -0.465 e. The van der Waals surface area contributed by atoms with Crippen LogP contribution in [0.3, 0.4) is 0 Å². The Morgan fingerprint density at radius 2 is 1.87 bits per heavy atom. The lowest BCUT2D eigenvalue weighted by Crippen LogP contribution is -2.47. The summed E-state index contributed by atoms with van der Waals surface area (Å²) in [6.45, 7) is 1.56. The Labute approximate surface area is 176 Å². The van der Waals surface area contributed by atoms with Gasteiger partial charge in [0.2, 0.25) is 5.84 Å². The molecule has 0 radical (unpaired) electrons. The molecule has 0 aliphatic carbocycles. The van der Waals surface area contributed by atoms with Crippen LogP contribution in [0.2, 0.25) is 0 Å². The van der Waals surface area contributed by atoms with Crippen molar-refractivity contribution in [3.05, 3.63) is 45.6 Å². The van der Waals surface area contributed by atoms with Crippen molar-refractivity contribution in [2.75, 3.05) is 13.7 Å². The number of amidine groups is 1. The van der Waals surface area contributed by atoms with Gasteiger partial charge in [0.05, 0.1) is 7.11 Å². The summed E-state index contributed by atoms with van der Waals surface area (Å²) < 4.78 is 44.3. The lowest BCUT2D eigenvalue weighted by Gasteiger charge is -2.19. The summed E-state index contributed by atoms with van der Waals surface area (Å²) in [5, 5.41) is 16.3. The number of benzene rings is 1. The number of nitrogens with one attached hydrogen (secondary N) is 1. The molecule has 1 unspecified atom stereocenters. The maximum Gasteiger partial charge on any atom is 0.573 e. The van der Waals surface area contributed by atoms with E-state index in [2.05, 4.69) is 19.9 Å². The van der Waals surface area contributed by atoms with E-state index in [4.69, 9.17) is 0 Å². The topological polar surface area (TPSA) is 114 Å². The van der Waals surface area contributed by atoms with Gasteiger partial charge in [-0.1, -0.05) is 4.59 Å². The Balaban J connectivity index is 1.91. The second-order valence-corrected chi connectivity index (χ2v) is 7.21. The zero-order chi connectivity index (χ0) is 23.0. The highest BCUT2D eigenvalue weighted by atomic mass is 32.1. The first-order chi connectivity index (χ1) is 14.5. The number of amides is 2. The predicted octanol–water partition coefficient (Wildman–Crippen LogP) is 3.54. The van der Waals surface area contributed by atoms with Gasteiger partial charge in [-0.2, -0.15) is 4.79 Å². The van der Waals surface area contributed by atoms with E-state index in [-0.39, 0.29) is 33.4 Å². The number of hydrogen-bond donors (Lipinski definition) is 2. The maximum atomic E-state index is 12.6. The molecule has 0 saturated carbocycles. The summed E-state index contributed by atoms with van der Waals surface area (Å²) in [5.41, 5.74) is 0.171. The minimum absolute atomic E-state index is 0.0114. The van der Waals surface area contributed by atoms with Gasteiger partial charge in [-0.05, 0) is 36.3 Å². The van der Waals surface area contributed by atoms with Gasteiger partial charge in [0.15, 0.2) is 5.69 Å². The SMILES string of the molecule is CC[N+]1(C(=O)O)N=C(NC(=O)c2ccc(OC(F)(F)F)cc2)c2sc(C(=O)OC)cc21. The highest BCUT2D eigenvalue weighted by Crippen LogP contribution is 2.41. The fourth-order valence-electron chi connectivity index (χ4n) is 2.89. The average molecular weight is 458 g/mol. The number of halogens is 3. The van der Waals surface area contributed by atoms with Gasteiger partial charge in [0.25, 0.3) is 5.91 Å².